The topological polar surface area (TPSA) is 94.3 Å². The zero-order valence-corrected chi connectivity index (χ0v) is 15.5. The first-order chi connectivity index (χ1) is 12.4. The van der Waals surface area contributed by atoms with Crippen molar-refractivity contribution in [2.75, 3.05) is 18.2 Å². The number of amides is 1. The number of carbonyl (C=O) groups excluding carboxylic acids is 2. The maximum atomic E-state index is 12.6. The number of hydrogen-bond acceptors (Lipinski definition) is 6. The number of nitrogen functional groups attached to an aromatic ring is 1. The van der Waals surface area contributed by atoms with E-state index in [2.05, 4.69) is 28.9 Å². The molecule has 0 aliphatic rings. The summed E-state index contributed by atoms with van der Waals surface area (Å²) >= 11 is 1.27. The number of ether oxygens (including phenoxy) is 1. The second-order valence-electron chi connectivity index (χ2n) is 6.11. The lowest BCUT2D eigenvalue weighted by molar-refractivity contribution is 0.0600. The number of nitrogens with zero attached hydrogens (tertiary/aromatic N) is 1. The van der Waals surface area contributed by atoms with Crippen LogP contribution in [0.25, 0.3) is 10.2 Å². The van der Waals surface area contributed by atoms with Crippen LogP contribution >= 0.6 is 11.3 Å². The van der Waals surface area contributed by atoms with E-state index in [0.29, 0.717) is 27.7 Å². The molecule has 3 N–H and O–H groups in total. The van der Waals surface area contributed by atoms with Crippen LogP contribution in [0.2, 0.25) is 0 Å². The normalized spacial score (nSPS) is 10.9. The summed E-state index contributed by atoms with van der Waals surface area (Å²) in [5.41, 5.74) is 8.52. The molecule has 0 atom stereocenters. The average molecular weight is 369 g/mol. The van der Waals surface area contributed by atoms with Crippen molar-refractivity contribution in [3.63, 3.8) is 0 Å². The van der Waals surface area contributed by atoms with E-state index >= 15 is 0 Å². The number of anilines is 2. The van der Waals surface area contributed by atoms with Gasteiger partial charge in [0.1, 0.15) is 9.71 Å². The Morgan fingerprint density at radius 1 is 1.15 bits per heavy atom. The molecule has 0 saturated carbocycles. The Labute approximate surface area is 155 Å². The summed E-state index contributed by atoms with van der Waals surface area (Å²) in [6.45, 7) is 4.13. The van der Waals surface area contributed by atoms with Crippen molar-refractivity contribution in [3.05, 3.63) is 52.5 Å². The molecular formula is C19H19N3O3S. The number of fused-ring (bicyclic) bond motifs is 1. The highest BCUT2D eigenvalue weighted by molar-refractivity contribution is 7.21. The van der Waals surface area contributed by atoms with Crippen molar-refractivity contribution < 1.29 is 14.3 Å². The number of hydrogen-bond donors (Lipinski definition) is 2. The van der Waals surface area contributed by atoms with Crippen LogP contribution in [0.4, 0.5) is 11.4 Å². The molecule has 0 spiro atoms. The Morgan fingerprint density at radius 3 is 2.46 bits per heavy atom. The van der Waals surface area contributed by atoms with Gasteiger partial charge in [-0.3, -0.25) is 4.79 Å². The monoisotopic (exact) mass is 369 g/mol. The van der Waals surface area contributed by atoms with E-state index in [4.69, 9.17) is 5.73 Å². The number of aromatic nitrogens is 1. The van der Waals surface area contributed by atoms with Gasteiger partial charge in [0.15, 0.2) is 0 Å². The Balaban J connectivity index is 1.85. The smallest absolute Gasteiger partial charge is 0.337 e. The molecule has 0 aliphatic carbocycles. The lowest BCUT2D eigenvalue weighted by Gasteiger charge is -2.05. The first-order valence-corrected chi connectivity index (χ1v) is 8.91. The summed E-state index contributed by atoms with van der Waals surface area (Å²) in [5, 5.41) is 3.58. The highest BCUT2D eigenvalue weighted by atomic mass is 32.1. The predicted octanol–water partition coefficient (Wildman–Crippen LogP) is 4.04. The number of carbonyl (C=O) groups is 2. The molecule has 0 radical (unpaired) electrons. The van der Waals surface area contributed by atoms with Gasteiger partial charge in [0, 0.05) is 16.8 Å². The van der Waals surface area contributed by atoms with Gasteiger partial charge in [-0.15, -0.1) is 11.3 Å². The van der Waals surface area contributed by atoms with Crippen LogP contribution in [-0.4, -0.2) is 24.0 Å². The summed E-state index contributed by atoms with van der Waals surface area (Å²) < 4.78 is 4.65. The fraction of sp³-hybridized carbons (Fsp3) is 0.211. The number of rotatable bonds is 4. The van der Waals surface area contributed by atoms with Crippen LogP contribution in [-0.2, 0) is 4.74 Å². The number of nitrogens with two attached hydrogens (primary N) is 1. The van der Waals surface area contributed by atoms with E-state index in [-0.39, 0.29) is 5.91 Å². The molecule has 7 heteroatoms. The Bertz CT molecular complexity index is 978. The molecule has 2 heterocycles. The van der Waals surface area contributed by atoms with Gasteiger partial charge in [-0.2, -0.15) is 0 Å². The number of thiophene rings is 1. The number of benzene rings is 1. The molecule has 26 heavy (non-hydrogen) atoms. The SMILES string of the molecule is COC(=O)c1ccc(NC(=O)c2sc3nc(C(C)C)ccc3c2N)cc1. The van der Waals surface area contributed by atoms with Crippen LogP contribution in [0.1, 0.15) is 45.5 Å². The largest absolute Gasteiger partial charge is 0.465 e. The van der Waals surface area contributed by atoms with E-state index in [1.54, 1.807) is 24.3 Å². The highest BCUT2D eigenvalue weighted by Crippen LogP contribution is 2.34. The van der Waals surface area contributed by atoms with Gasteiger partial charge in [-0.1, -0.05) is 13.8 Å². The quantitative estimate of drug-likeness (QED) is 0.677. The lowest BCUT2D eigenvalue weighted by atomic mass is 10.1. The summed E-state index contributed by atoms with van der Waals surface area (Å²) in [5.74, 6) is -0.431. The molecule has 3 aromatic rings. The predicted molar refractivity (Wildman–Crippen MR) is 104 cm³/mol. The number of pyridine rings is 1. The van der Waals surface area contributed by atoms with Gasteiger partial charge in [0.05, 0.1) is 18.4 Å². The third-order valence-corrected chi connectivity index (χ3v) is 5.09. The maximum Gasteiger partial charge on any atom is 0.337 e. The first kappa shape index (κ1) is 17.9. The minimum atomic E-state index is -0.427. The molecule has 2 aromatic heterocycles. The van der Waals surface area contributed by atoms with E-state index in [9.17, 15) is 9.59 Å². The molecular weight excluding hydrogens is 350 g/mol. The second-order valence-corrected chi connectivity index (χ2v) is 7.11. The van der Waals surface area contributed by atoms with Gasteiger partial charge in [0.25, 0.3) is 5.91 Å². The van der Waals surface area contributed by atoms with Gasteiger partial charge >= 0.3 is 5.97 Å². The molecule has 0 bridgehead atoms. The fourth-order valence-corrected chi connectivity index (χ4v) is 3.49. The minimum Gasteiger partial charge on any atom is -0.465 e. The molecule has 6 nitrogen and oxygen atoms in total. The van der Waals surface area contributed by atoms with Crippen molar-refractivity contribution in [2.24, 2.45) is 0 Å². The molecule has 3 rings (SSSR count). The van der Waals surface area contributed by atoms with Crippen molar-refractivity contribution in [1.29, 1.82) is 0 Å². The molecule has 1 amide bonds. The van der Waals surface area contributed by atoms with Crippen molar-refractivity contribution >= 4 is 44.8 Å². The van der Waals surface area contributed by atoms with Gasteiger partial charge in [-0.25, -0.2) is 9.78 Å². The van der Waals surface area contributed by atoms with E-state index in [0.717, 1.165) is 15.9 Å². The zero-order chi connectivity index (χ0) is 18.8. The summed E-state index contributed by atoms with van der Waals surface area (Å²) in [7, 11) is 1.32. The number of nitrogens with one attached hydrogen (secondary N) is 1. The maximum absolute atomic E-state index is 12.6. The van der Waals surface area contributed by atoms with Crippen LogP contribution in [0, 0.1) is 0 Å². The average Bonchev–Trinajstić information content (AvgIpc) is 2.98. The van der Waals surface area contributed by atoms with Crippen molar-refractivity contribution in [3.8, 4) is 0 Å². The summed E-state index contributed by atoms with van der Waals surface area (Å²) in [6, 6.07) is 10.3. The van der Waals surface area contributed by atoms with Gasteiger partial charge in [-0.05, 0) is 42.3 Å². The Kier molecular flexibility index (Phi) is 4.90. The van der Waals surface area contributed by atoms with E-state index < -0.39 is 5.97 Å². The minimum absolute atomic E-state index is 0.299. The number of methoxy groups -OCH3 is 1. The number of esters is 1. The van der Waals surface area contributed by atoms with Crippen LogP contribution in [0.15, 0.2) is 36.4 Å². The lowest BCUT2D eigenvalue weighted by Crippen LogP contribution is -2.12. The van der Waals surface area contributed by atoms with E-state index in [1.807, 2.05) is 12.1 Å². The summed E-state index contributed by atoms with van der Waals surface area (Å²) in [4.78, 5) is 29.8. The molecule has 0 fully saturated rings. The fourth-order valence-electron chi connectivity index (χ4n) is 2.50. The first-order valence-electron chi connectivity index (χ1n) is 8.09. The van der Waals surface area contributed by atoms with Crippen LogP contribution in [0.5, 0.6) is 0 Å². The Hall–Kier alpha value is -2.93. The van der Waals surface area contributed by atoms with Crippen LogP contribution < -0.4 is 11.1 Å². The molecule has 0 aliphatic heterocycles. The van der Waals surface area contributed by atoms with Gasteiger partial charge < -0.3 is 15.8 Å². The van der Waals surface area contributed by atoms with E-state index in [1.165, 1.54) is 18.4 Å². The molecule has 134 valence electrons. The third kappa shape index (κ3) is 3.39. The third-order valence-electron chi connectivity index (χ3n) is 3.98. The standard InChI is InChI=1S/C19H19N3O3S/c1-10(2)14-9-8-13-15(20)16(26-18(13)22-14)17(23)21-12-6-4-11(5-7-12)19(24)25-3/h4-10H,20H2,1-3H3,(H,21,23). The second kappa shape index (κ2) is 7.13. The zero-order valence-electron chi connectivity index (χ0n) is 14.7. The summed E-state index contributed by atoms with van der Waals surface area (Å²) in [6.07, 6.45) is 0. The molecule has 0 saturated heterocycles. The Morgan fingerprint density at radius 2 is 1.85 bits per heavy atom. The van der Waals surface area contributed by atoms with Gasteiger partial charge in [0.2, 0.25) is 0 Å². The van der Waals surface area contributed by atoms with Crippen molar-refractivity contribution in [2.45, 2.75) is 19.8 Å². The molecule has 1 aromatic carbocycles. The highest BCUT2D eigenvalue weighted by Gasteiger charge is 2.18. The van der Waals surface area contributed by atoms with Crippen molar-refractivity contribution in [1.82, 2.24) is 4.98 Å². The molecule has 0 unspecified atom stereocenters. The van der Waals surface area contributed by atoms with Crippen LogP contribution in [0.3, 0.4) is 0 Å².